The lowest BCUT2D eigenvalue weighted by atomic mass is 10.0. The molecule has 0 bridgehead atoms. The first-order chi connectivity index (χ1) is 7.58. The van der Waals surface area contributed by atoms with Crippen molar-refractivity contribution in [1.82, 2.24) is 10.2 Å². The van der Waals surface area contributed by atoms with E-state index in [1.807, 2.05) is 0 Å². The Labute approximate surface area is 100 Å². The Morgan fingerprint density at radius 1 is 1.25 bits per heavy atom. The molecule has 98 valence electrons. The maximum absolute atomic E-state index is 5.52. The van der Waals surface area contributed by atoms with Gasteiger partial charge in [0.25, 0.3) is 0 Å². The van der Waals surface area contributed by atoms with Crippen LogP contribution in [-0.4, -0.2) is 64.6 Å². The molecule has 1 N–H and O–H groups in total. The lowest BCUT2D eigenvalue weighted by Gasteiger charge is -2.31. The minimum Gasteiger partial charge on any atom is -0.383 e. The van der Waals surface area contributed by atoms with Crippen LogP contribution < -0.4 is 5.32 Å². The number of nitrogens with one attached hydrogen (secondary N) is 1. The predicted molar refractivity (Wildman–Crippen MR) is 67.9 cm³/mol. The van der Waals surface area contributed by atoms with Gasteiger partial charge in [0.2, 0.25) is 0 Å². The second kappa shape index (κ2) is 8.93. The fourth-order valence-corrected chi connectivity index (χ4v) is 1.54. The molecular weight excluding hydrogens is 204 g/mol. The highest BCUT2D eigenvalue weighted by atomic mass is 16.5. The van der Waals surface area contributed by atoms with Crippen molar-refractivity contribution in [2.75, 3.05) is 54.1 Å². The number of nitrogens with zero attached hydrogens (tertiary/aromatic N) is 1. The molecule has 0 aliphatic carbocycles. The van der Waals surface area contributed by atoms with Gasteiger partial charge in [0.05, 0.1) is 12.2 Å². The molecule has 0 aromatic carbocycles. The van der Waals surface area contributed by atoms with Crippen LogP contribution >= 0.6 is 0 Å². The molecule has 1 atom stereocenters. The molecule has 0 heterocycles. The van der Waals surface area contributed by atoms with Crippen LogP contribution in [0.5, 0.6) is 0 Å². The molecule has 0 aromatic rings. The first kappa shape index (κ1) is 15.8. The highest BCUT2D eigenvalue weighted by Crippen LogP contribution is 2.14. The average Bonchev–Trinajstić information content (AvgIpc) is 2.28. The molecule has 4 nitrogen and oxygen atoms in total. The van der Waals surface area contributed by atoms with Crippen molar-refractivity contribution in [3.8, 4) is 0 Å². The van der Waals surface area contributed by atoms with E-state index >= 15 is 0 Å². The molecule has 0 radical (unpaired) electrons. The van der Waals surface area contributed by atoms with Gasteiger partial charge >= 0.3 is 0 Å². The van der Waals surface area contributed by atoms with Crippen molar-refractivity contribution in [1.29, 1.82) is 0 Å². The molecular formula is C12H28N2O2. The summed E-state index contributed by atoms with van der Waals surface area (Å²) in [6, 6.07) is 0. The van der Waals surface area contributed by atoms with Crippen LogP contribution in [0.4, 0.5) is 0 Å². The minimum atomic E-state index is -0.0265. The van der Waals surface area contributed by atoms with Gasteiger partial charge in [0, 0.05) is 40.4 Å². The quantitative estimate of drug-likeness (QED) is 0.569. The Kier molecular flexibility index (Phi) is 8.84. The fourth-order valence-electron chi connectivity index (χ4n) is 1.54. The number of hydrogen-bond donors (Lipinski definition) is 1. The largest absolute Gasteiger partial charge is 0.383 e. The van der Waals surface area contributed by atoms with E-state index in [0.29, 0.717) is 0 Å². The summed E-state index contributed by atoms with van der Waals surface area (Å²) >= 11 is 0. The average molecular weight is 232 g/mol. The van der Waals surface area contributed by atoms with Crippen molar-refractivity contribution in [2.45, 2.75) is 25.9 Å². The Morgan fingerprint density at radius 2 is 1.94 bits per heavy atom. The summed E-state index contributed by atoms with van der Waals surface area (Å²) in [5, 5.41) is 3.33. The molecule has 0 amide bonds. The smallest absolute Gasteiger partial charge is 0.0774 e. The molecule has 0 spiro atoms. The maximum Gasteiger partial charge on any atom is 0.0774 e. The molecule has 0 rings (SSSR count). The summed E-state index contributed by atoms with van der Waals surface area (Å²) in [4.78, 5) is 2.30. The zero-order chi connectivity index (χ0) is 12.4. The lowest BCUT2D eigenvalue weighted by molar-refractivity contribution is -0.0198. The predicted octanol–water partition coefficient (Wildman–Crippen LogP) is 0.969. The van der Waals surface area contributed by atoms with Crippen LogP contribution in [0.15, 0.2) is 0 Å². The van der Waals surface area contributed by atoms with Gasteiger partial charge in [-0.05, 0) is 20.4 Å². The molecule has 0 saturated heterocycles. The second-order valence-electron chi connectivity index (χ2n) is 4.49. The van der Waals surface area contributed by atoms with Crippen molar-refractivity contribution < 1.29 is 9.47 Å². The van der Waals surface area contributed by atoms with Gasteiger partial charge in [-0.15, -0.1) is 0 Å². The van der Waals surface area contributed by atoms with Gasteiger partial charge in [-0.3, -0.25) is 0 Å². The van der Waals surface area contributed by atoms with Gasteiger partial charge in [-0.2, -0.15) is 0 Å². The number of hydrogen-bond acceptors (Lipinski definition) is 4. The van der Waals surface area contributed by atoms with Crippen LogP contribution in [-0.2, 0) is 9.47 Å². The highest BCUT2D eigenvalue weighted by Gasteiger charge is 2.22. The van der Waals surface area contributed by atoms with Gasteiger partial charge in [0.15, 0.2) is 0 Å². The zero-order valence-electron chi connectivity index (χ0n) is 11.5. The molecule has 16 heavy (non-hydrogen) atoms. The van der Waals surface area contributed by atoms with E-state index in [0.717, 1.165) is 39.2 Å². The molecule has 4 heteroatoms. The first-order valence-electron chi connectivity index (χ1n) is 6.01. The fraction of sp³-hybridized carbons (Fsp3) is 1.00. The topological polar surface area (TPSA) is 33.7 Å². The zero-order valence-corrected chi connectivity index (χ0v) is 11.5. The van der Waals surface area contributed by atoms with Crippen LogP contribution in [0, 0.1) is 0 Å². The normalized spacial score (nSPS) is 15.4. The summed E-state index contributed by atoms with van der Waals surface area (Å²) in [7, 11) is 5.64. The van der Waals surface area contributed by atoms with E-state index in [-0.39, 0.29) is 5.60 Å². The summed E-state index contributed by atoms with van der Waals surface area (Å²) in [5.41, 5.74) is -0.0265. The van der Waals surface area contributed by atoms with Crippen LogP contribution in [0.1, 0.15) is 20.3 Å². The highest BCUT2D eigenvalue weighted by molar-refractivity contribution is 4.76. The van der Waals surface area contributed by atoms with Gasteiger partial charge in [0.1, 0.15) is 0 Å². The number of likely N-dealkylation sites (N-methyl/N-ethyl adjacent to an activating group) is 1. The maximum atomic E-state index is 5.52. The van der Waals surface area contributed by atoms with E-state index in [2.05, 4.69) is 31.1 Å². The Bertz CT molecular complexity index is 161. The summed E-state index contributed by atoms with van der Waals surface area (Å²) in [5.74, 6) is 0. The van der Waals surface area contributed by atoms with Crippen molar-refractivity contribution >= 4 is 0 Å². The van der Waals surface area contributed by atoms with Gasteiger partial charge in [-0.25, -0.2) is 0 Å². The number of rotatable bonds is 10. The van der Waals surface area contributed by atoms with E-state index in [1.165, 1.54) is 0 Å². The van der Waals surface area contributed by atoms with E-state index < -0.39 is 0 Å². The Balaban J connectivity index is 3.61. The van der Waals surface area contributed by atoms with Gasteiger partial charge < -0.3 is 19.7 Å². The number of methoxy groups -OCH3 is 2. The lowest BCUT2D eigenvalue weighted by Crippen LogP contribution is -2.42. The molecule has 0 aliphatic heterocycles. The Hall–Kier alpha value is -0.160. The van der Waals surface area contributed by atoms with Gasteiger partial charge in [-0.1, -0.05) is 6.92 Å². The van der Waals surface area contributed by atoms with Crippen LogP contribution in [0.25, 0.3) is 0 Å². The van der Waals surface area contributed by atoms with Crippen molar-refractivity contribution in [3.63, 3.8) is 0 Å². The number of ether oxygens (including phenoxy) is 2. The van der Waals surface area contributed by atoms with Crippen LogP contribution in [0.3, 0.4) is 0 Å². The van der Waals surface area contributed by atoms with E-state index in [4.69, 9.17) is 9.47 Å². The van der Waals surface area contributed by atoms with E-state index in [1.54, 1.807) is 14.2 Å². The Morgan fingerprint density at radius 3 is 2.44 bits per heavy atom. The minimum absolute atomic E-state index is 0.0265. The summed E-state index contributed by atoms with van der Waals surface area (Å²) in [6.07, 6.45) is 1.03. The SMILES string of the molecule is CCC(C)(CN(C)CCNCCOC)OC. The second-order valence-corrected chi connectivity index (χ2v) is 4.49. The van der Waals surface area contributed by atoms with E-state index in [9.17, 15) is 0 Å². The third-order valence-corrected chi connectivity index (χ3v) is 3.00. The monoisotopic (exact) mass is 232 g/mol. The molecule has 0 saturated carbocycles. The first-order valence-corrected chi connectivity index (χ1v) is 6.01. The molecule has 0 fully saturated rings. The molecule has 0 aromatic heterocycles. The molecule has 0 aliphatic rings. The third kappa shape index (κ3) is 7.17. The standard InChI is InChI=1S/C12H28N2O2/c1-6-12(2,16-5)11-14(3)9-7-13-8-10-15-4/h13H,6-11H2,1-5H3. The third-order valence-electron chi connectivity index (χ3n) is 3.00. The summed E-state index contributed by atoms with van der Waals surface area (Å²) in [6.45, 7) is 8.99. The summed E-state index contributed by atoms with van der Waals surface area (Å²) < 4.78 is 10.5. The van der Waals surface area contributed by atoms with Crippen LogP contribution in [0.2, 0.25) is 0 Å². The molecule has 1 unspecified atom stereocenters. The van der Waals surface area contributed by atoms with Crippen molar-refractivity contribution in [3.05, 3.63) is 0 Å². The van der Waals surface area contributed by atoms with Crippen molar-refractivity contribution in [2.24, 2.45) is 0 Å².